The number of hydrogen-bond donors (Lipinski definition) is 2. The van der Waals surface area contributed by atoms with E-state index in [9.17, 15) is 13.9 Å². The van der Waals surface area contributed by atoms with Crippen molar-refractivity contribution < 1.29 is 23.4 Å². The van der Waals surface area contributed by atoms with Crippen molar-refractivity contribution in [2.75, 3.05) is 26.2 Å². The van der Waals surface area contributed by atoms with Crippen molar-refractivity contribution in [2.24, 2.45) is 0 Å². The first kappa shape index (κ1) is 16.4. The zero-order valence-electron chi connectivity index (χ0n) is 12.9. The quantitative estimate of drug-likeness (QED) is 0.782. The van der Waals surface area contributed by atoms with Gasteiger partial charge in [-0.25, -0.2) is 0 Å². The first-order chi connectivity index (χ1) is 11.1. The summed E-state index contributed by atoms with van der Waals surface area (Å²) in [7, 11) is 0. The van der Waals surface area contributed by atoms with Gasteiger partial charge in [-0.2, -0.15) is 0 Å². The lowest BCUT2D eigenvalue weighted by atomic mass is 10.0. The third-order valence-electron chi connectivity index (χ3n) is 4.33. The van der Waals surface area contributed by atoms with E-state index in [1.54, 1.807) is 12.1 Å². The molecule has 7 heteroatoms. The predicted molar refractivity (Wildman–Crippen MR) is 80.6 cm³/mol. The number of ether oxygens (including phenoxy) is 2. The number of alkyl halides is 2. The number of hydrogen-bond acceptors (Lipinski definition) is 5. The summed E-state index contributed by atoms with van der Waals surface area (Å²) in [4.78, 5) is 2.30. The van der Waals surface area contributed by atoms with Gasteiger partial charge in [-0.3, -0.25) is 4.90 Å². The van der Waals surface area contributed by atoms with Gasteiger partial charge in [0.05, 0.1) is 6.61 Å². The summed E-state index contributed by atoms with van der Waals surface area (Å²) in [6.45, 7) is 3.44. The molecule has 5 nitrogen and oxygen atoms in total. The third kappa shape index (κ3) is 4.10. The van der Waals surface area contributed by atoms with Gasteiger partial charge < -0.3 is 19.9 Å². The van der Waals surface area contributed by atoms with Crippen LogP contribution < -0.4 is 14.8 Å². The minimum Gasteiger partial charge on any atom is -0.395 e. The molecule has 2 heterocycles. The van der Waals surface area contributed by atoms with Crippen LogP contribution in [0.5, 0.6) is 11.5 Å². The van der Waals surface area contributed by atoms with E-state index in [4.69, 9.17) is 0 Å². The van der Waals surface area contributed by atoms with Crippen molar-refractivity contribution in [1.29, 1.82) is 0 Å². The second kappa shape index (κ2) is 6.98. The number of piperidine rings is 1. The maximum Gasteiger partial charge on any atom is 0.586 e. The lowest BCUT2D eigenvalue weighted by Gasteiger charge is -2.34. The molecule has 1 atom stereocenters. The van der Waals surface area contributed by atoms with Gasteiger partial charge in [0.1, 0.15) is 0 Å². The Hall–Kier alpha value is -1.44. The van der Waals surface area contributed by atoms with Gasteiger partial charge in [0, 0.05) is 25.7 Å². The Morgan fingerprint density at radius 3 is 2.91 bits per heavy atom. The molecule has 2 aliphatic heterocycles. The van der Waals surface area contributed by atoms with Crippen LogP contribution in [0.1, 0.15) is 24.8 Å². The van der Waals surface area contributed by atoms with Crippen LogP contribution in [0.15, 0.2) is 18.2 Å². The van der Waals surface area contributed by atoms with Crippen LogP contribution in [-0.2, 0) is 6.54 Å². The van der Waals surface area contributed by atoms with E-state index in [1.165, 1.54) is 18.9 Å². The molecule has 1 unspecified atom stereocenters. The summed E-state index contributed by atoms with van der Waals surface area (Å²) in [6, 6.07) is 5.08. The number of nitrogens with zero attached hydrogens (tertiary/aromatic N) is 1. The van der Waals surface area contributed by atoms with E-state index < -0.39 is 6.29 Å². The molecule has 2 N–H and O–H groups in total. The molecule has 0 saturated carbocycles. The highest BCUT2D eigenvalue weighted by atomic mass is 19.3. The molecule has 0 radical (unpaired) electrons. The number of fused-ring (bicyclic) bond motifs is 1. The van der Waals surface area contributed by atoms with Crippen LogP contribution in [0.25, 0.3) is 0 Å². The zero-order chi connectivity index (χ0) is 16.3. The smallest absolute Gasteiger partial charge is 0.395 e. The summed E-state index contributed by atoms with van der Waals surface area (Å²) in [5.41, 5.74) is 0.863. The van der Waals surface area contributed by atoms with Gasteiger partial charge in [-0.15, -0.1) is 8.78 Å². The first-order valence-electron chi connectivity index (χ1n) is 8.02. The lowest BCUT2D eigenvalue weighted by molar-refractivity contribution is -0.286. The molecule has 0 spiro atoms. The summed E-state index contributed by atoms with van der Waals surface area (Å²) in [6.07, 6.45) is -0.168. The highest BCUT2D eigenvalue weighted by Gasteiger charge is 2.43. The molecule has 2 aliphatic rings. The highest BCUT2D eigenvalue weighted by molar-refractivity contribution is 5.45. The lowest BCUT2D eigenvalue weighted by Crippen LogP contribution is -2.44. The van der Waals surface area contributed by atoms with Crippen LogP contribution in [0.4, 0.5) is 8.78 Å². The van der Waals surface area contributed by atoms with Gasteiger partial charge in [0.15, 0.2) is 11.5 Å². The van der Waals surface area contributed by atoms with Crippen LogP contribution in [0.2, 0.25) is 0 Å². The second-order valence-corrected chi connectivity index (χ2v) is 5.99. The fraction of sp³-hybridized carbons (Fsp3) is 0.625. The Morgan fingerprint density at radius 1 is 1.26 bits per heavy atom. The Bertz CT molecular complexity index is 542. The van der Waals surface area contributed by atoms with Crippen LogP contribution in [-0.4, -0.2) is 48.6 Å². The van der Waals surface area contributed by atoms with Crippen molar-refractivity contribution in [1.82, 2.24) is 10.2 Å². The summed E-state index contributed by atoms with van der Waals surface area (Å²) in [5, 5.41) is 12.7. The molecular weight excluding hydrogens is 306 g/mol. The van der Waals surface area contributed by atoms with Crippen molar-refractivity contribution in [3.63, 3.8) is 0 Å². The SMILES string of the molecule is OCC1CCCCN1CCNCc1ccc2c(c1)OC(F)(F)O2. The number of halogens is 2. The topological polar surface area (TPSA) is 54.0 Å². The molecule has 1 fully saturated rings. The van der Waals surface area contributed by atoms with Crippen molar-refractivity contribution in [3.8, 4) is 11.5 Å². The first-order valence-corrected chi connectivity index (χ1v) is 8.02. The molecule has 23 heavy (non-hydrogen) atoms. The van der Waals surface area contributed by atoms with Crippen molar-refractivity contribution in [2.45, 2.75) is 38.1 Å². The monoisotopic (exact) mass is 328 g/mol. The Kier molecular flexibility index (Phi) is 4.99. The predicted octanol–water partition coefficient (Wildman–Crippen LogP) is 1.94. The Morgan fingerprint density at radius 2 is 2.09 bits per heavy atom. The molecule has 1 aromatic carbocycles. The fourth-order valence-electron chi connectivity index (χ4n) is 3.12. The number of aliphatic hydroxyl groups excluding tert-OH is 1. The van der Waals surface area contributed by atoms with Gasteiger partial charge in [-0.1, -0.05) is 12.5 Å². The van der Waals surface area contributed by atoms with E-state index in [-0.39, 0.29) is 24.1 Å². The van der Waals surface area contributed by atoms with E-state index in [1.807, 2.05) is 0 Å². The Balaban J connectivity index is 1.45. The minimum atomic E-state index is -3.57. The van der Waals surface area contributed by atoms with Crippen molar-refractivity contribution in [3.05, 3.63) is 23.8 Å². The number of rotatable bonds is 6. The molecule has 1 saturated heterocycles. The van der Waals surface area contributed by atoms with Gasteiger partial charge in [0.2, 0.25) is 0 Å². The molecule has 1 aromatic rings. The number of benzene rings is 1. The van der Waals surface area contributed by atoms with E-state index >= 15 is 0 Å². The van der Waals surface area contributed by atoms with Crippen LogP contribution in [0.3, 0.4) is 0 Å². The molecule has 0 amide bonds. The largest absolute Gasteiger partial charge is 0.586 e. The molecule has 0 aromatic heterocycles. The normalized spacial score (nSPS) is 23.2. The third-order valence-corrected chi connectivity index (χ3v) is 4.33. The number of likely N-dealkylation sites (tertiary alicyclic amines) is 1. The minimum absolute atomic E-state index is 0.0675. The summed E-state index contributed by atoms with van der Waals surface area (Å²) in [5.74, 6) is 0.142. The molecule has 3 rings (SSSR count). The van der Waals surface area contributed by atoms with Crippen LogP contribution >= 0.6 is 0 Å². The molecule has 0 bridgehead atoms. The van der Waals surface area contributed by atoms with E-state index in [0.717, 1.165) is 31.6 Å². The summed E-state index contributed by atoms with van der Waals surface area (Å²) < 4.78 is 34.7. The van der Waals surface area contributed by atoms with Gasteiger partial charge in [-0.05, 0) is 37.1 Å². The average Bonchev–Trinajstić information content (AvgIpc) is 2.85. The number of nitrogens with one attached hydrogen (secondary N) is 1. The number of aliphatic hydroxyl groups is 1. The molecular formula is C16H22F2N2O3. The van der Waals surface area contributed by atoms with Crippen LogP contribution in [0, 0.1) is 0 Å². The fourth-order valence-corrected chi connectivity index (χ4v) is 3.12. The van der Waals surface area contributed by atoms with Gasteiger partial charge >= 0.3 is 6.29 Å². The van der Waals surface area contributed by atoms with E-state index in [0.29, 0.717) is 6.54 Å². The second-order valence-electron chi connectivity index (χ2n) is 5.99. The summed E-state index contributed by atoms with van der Waals surface area (Å²) >= 11 is 0. The Labute approximate surface area is 134 Å². The maximum atomic E-state index is 13.0. The molecule has 128 valence electrons. The average molecular weight is 328 g/mol. The standard InChI is InChI=1S/C16H22F2N2O3/c17-16(18)22-14-5-4-12(9-15(14)23-16)10-19-6-8-20-7-2-1-3-13(20)11-21/h4-5,9,13,19,21H,1-3,6-8,10-11H2. The maximum absolute atomic E-state index is 13.0. The highest BCUT2D eigenvalue weighted by Crippen LogP contribution is 2.41. The van der Waals surface area contributed by atoms with Gasteiger partial charge in [0.25, 0.3) is 0 Å². The zero-order valence-corrected chi connectivity index (χ0v) is 12.9. The van der Waals surface area contributed by atoms with E-state index in [2.05, 4.69) is 19.7 Å². The van der Waals surface area contributed by atoms with Crippen molar-refractivity contribution >= 4 is 0 Å². The molecule has 0 aliphatic carbocycles.